The summed E-state index contributed by atoms with van der Waals surface area (Å²) in [5.41, 5.74) is 5.60. The number of hydrogen-bond donors (Lipinski definition) is 5. The standard InChI is InChI=1S/C8H11ClN4O4/c9-6-4(10)7(13-2-12-6)11-1-3(14)5(15)8(16)17/h2-3,5,14-15H,1,10H2,(H,16,17)(H,11,12,13)/t3-,5-/m1/s1. The first kappa shape index (κ1) is 13.4. The van der Waals surface area contributed by atoms with Gasteiger partial charge in [0.2, 0.25) is 0 Å². The molecule has 0 aliphatic rings. The van der Waals surface area contributed by atoms with Crippen LogP contribution in [0.25, 0.3) is 0 Å². The number of rotatable bonds is 5. The number of nitrogens with one attached hydrogen (secondary N) is 1. The number of aromatic nitrogens is 2. The molecule has 1 rings (SSSR count). The Labute approximate surface area is 101 Å². The first-order valence-electron chi connectivity index (χ1n) is 4.52. The summed E-state index contributed by atoms with van der Waals surface area (Å²) in [4.78, 5) is 17.7. The van der Waals surface area contributed by atoms with Gasteiger partial charge < -0.3 is 26.4 Å². The molecule has 0 aliphatic heterocycles. The van der Waals surface area contributed by atoms with Crippen LogP contribution in [0.3, 0.4) is 0 Å². The van der Waals surface area contributed by atoms with Crippen LogP contribution in [0.15, 0.2) is 6.33 Å². The average Bonchev–Trinajstić information content (AvgIpc) is 2.29. The topological polar surface area (TPSA) is 142 Å². The van der Waals surface area contributed by atoms with Crippen LogP contribution in [-0.4, -0.2) is 50.0 Å². The Morgan fingerprint density at radius 2 is 2.18 bits per heavy atom. The zero-order chi connectivity index (χ0) is 13.0. The summed E-state index contributed by atoms with van der Waals surface area (Å²) >= 11 is 5.62. The molecule has 0 spiro atoms. The van der Waals surface area contributed by atoms with Crippen LogP contribution in [0.5, 0.6) is 0 Å². The summed E-state index contributed by atoms with van der Waals surface area (Å²) in [7, 11) is 0. The smallest absolute Gasteiger partial charge is 0.335 e. The number of carboxylic acids is 1. The predicted octanol–water partition coefficient (Wildman–Crippen LogP) is -1.07. The van der Waals surface area contributed by atoms with Crippen molar-refractivity contribution in [2.24, 2.45) is 0 Å². The predicted molar refractivity (Wildman–Crippen MR) is 59.6 cm³/mol. The molecule has 0 aliphatic carbocycles. The molecule has 0 saturated heterocycles. The SMILES string of the molecule is Nc1c(Cl)ncnc1NC[C@@H](O)[C@@H](O)C(=O)O. The monoisotopic (exact) mass is 262 g/mol. The molecule has 17 heavy (non-hydrogen) atoms. The van der Waals surface area contributed by atoms with E-state index in [1.165, 1.54) is 0 Å². The van der Waals surface area contributed by atoms with E-state index in [-0.39, 0.29) is 23.2 Å². The number of nitrogen functional groups attached to an aromatic ring is 1. The molecule has 0 amide bonds. The first-order chi connectivity index (χ1) is 7.93. The molecule has 0 bridgehead atoms. The molecular weight excluding hydrogens is 252 g/mol. The molecule has 1 aromatic rings. The average molecular weight is 263 g/mol. The van der Waals surface area contributed by atoms with Crippen LogP contribution in [0.4, 0.5) is 11.5 Å². The number of carboxylic acid groups (broad SMARTS) is 1. The van der Waals surface area contributed by atoms with Crippen molar-refractivity contribution in [3.63, 3.8) is 0 Å². The summed E-state index contributed by atoms with van der Waals surface area (Å²) in [5, 5.41) is 29.3. The van der Waals surface area contributed by atoms with E-state index in [0.717, 1.165) is 6.33 Å². The highest BCUT2D eigenvalue weighted by molar-refractivity contribution is 6.32. The maximum atomic E-state index is 10.4. The molecule has 1 heterocycles. The third-order valence-electron chi connectivity index (χ3n) is 1.93. The lowest BCUT2D eigenvalue weighted by atomic mass is 10.2. The Morgan fingerprint density at radius 1 is 1.53 bits per heavy atom. The second-order valence-corrected chi connectivity index (χ2v) is 3.52. The minimum absolute atomic E-state index is 0.0378. The van der Waals surface area contributed by atoms with E-state index in [1.54, 1.807) is 0 Å². The number of halogens is 1. The molecule has 0 fully saturated rings. The first-order valence-corrected chi connectivity index (χ1v) is 4.90. The van der Waals surface area contributed by atoms with E-state index >= 15 is 0 Å². The quantitative estimate of drug-likeness (QED) is 0.422. The highest BCUT2D eigenvalue weighted by atomic mass is 35.5. The van der Waals surface area contributed by atoms with Gasteiger partial charge in [0.25, 0.3) is 0 Å². The van der Waals surface area contributed by atoms with Crippen molar-refractivity contribution >= 4 is 29.1 Å². The van der Waals surface area contributed by atoms with E-state index in [4.69, 9.17) is 27.5 Å². The summed E-state index contributed by atoms with van der Waals surface area (Å²) in [5.74, 6) is -1.37. The van der Waals surface area contributed by atoms with Gasteiger partial charge in [-0.15, -0.1) is 0 Å². The molecule has 6 N–H and O–H groups in total. The van der Waals surface area contributed by atoms with Crippen LogP contribution in [-0.2, 0) is 4.79 Å². The Hall–Kier alpha value is -1.64. The van der Waals surface area contributed by atoms with Crippen molar-refractivity contribution in [2.45, 2.75) is 12.2 Å². The van der Waals surface area contributed by atoms with Gasteiger partial charge in [-0.1, -0.05) is 11.6 Å². The molecule has 0 aromatic carbocycles. The zero-order valence-corrected chi connectivity index (χ0v) is 9.29. The van der Waals surface area contributed by atoms with Crippen LogP contribution in [0, 0.1) is 0 Å². The molecule has 8 nitrogen and oxygen atoms in total. The van der Waals surface area contributed by atoms with E-state index in [9.17, 15) is 9.90 Å². The third-order valence-corrected chi connectivity index (χ3v) is 2.23. The number of aliphatic hydroxyl groups excluding tert-OH is 2. The van der Waals surface area contributed by atoms with Gasteiger partial charge in [0.1, 0.15) is 18.1 Å². The van der Waals surface area contributed by atoms with E-state index < -0.39 is 18.2 Å². The fourth-order valence-corrected chi connectivity index (χ4v) is 1.13. The normalized spacial score (nSPS) is 14.1. The van der Waals surface area contributed by atoms with Crippen molar-refractivity contribution in [3.8, 4) is 0 Å². The van der Waals surface area contributed by atoms with Crippen LogP contribution >= 0.6 is 11.6 Å². The number of aliphatic carboxylic acids is 1. The zero-order valence-electron chi connectivity index (χ0n) is 8.54. The highest BCUT2D eigenvalue weighted by Gasteiger charge is 2.23. The van der Waals surface area contributed by atoms with Crippen LogP contribution < -0.4 is 11.1 Å². The van der Waals surface area contributed by atoms with Crippen molar-refractivity contribution in [1.29, 1.82) is 0 Å². The molecule has 0 saturated carbocycles. The summed E-state index contributed by atoms with van der Waals surface area (Å²) < 4.78 is 0. The number of nitrogens with two attached hydrogens (primary N) is 1. The Balaban J connectivity index is 2.62. The van der Waals surface area contributed by atoms with Crippen LogP contribution in [0.1, 0.15) is 0 Å². The van der Waals surface area contributed by atoms with Gasteiger partial charge in [-0.25, -0.2) is 14.8 Å². The number of carbonyl (C=O) groups is 1. The minimum atomic E-state index is -1.89. The fourth-order valence-electron chi connectivity index (χ4n) is 0.992. The number of aliphatic hydroxyl groups is 2. The second kappa shape index (κ2) is 5.62. The lowest BCUT2D eigenvalue weighted by Gasteiger charge is -2.15. The van der Waals surface area contributed by atoms with Crippen molar-refractivity contribution < 1.29 is 20.1 Å². The lowest BCUT2D eigenvalue weighted by molar-refractivity contribution is -0.152. The van der Waals surface area contributed by atoms with Gasteiger partial charge in [-0.05, 0) is 0 Å². The number of nitrogens with zero attached hydrogens (tertiary/aromatic N) is 2. The van der Waals surface area contributed by atoms with Gasteiger partial charge >= 0.3 is 5.97 Å². The number of hydrogen-bond acceptors (Lipinski definition) is 7. The summed E-state index contributed by atoms with van der Waals surface area (Å²) in [6.45, 7) is -0.245. The van der Waals surface area contributed by atoms with E-state index in [2.05, 4.69) is 15.3 Å². The van der Waals surface area contributed by atoms with E-state index in [1.807, 2.05) is 0 Å². The van der Waals surface area contributed by atoms with Gasteiger partial charge in [0.05, 0.1) is 0 Å². The molecule has 0 unspecified atom stereocenters. The molecule has 0 radical (unpaired) electrons. The van der Waals surface area contributed by atoms with Crippen LogP contribution in [0.2, 0.25) is 5.15 Å². The maximum absolute atomic E-state index is 10.4. The van der Waals surface area contributed by atoms with Gasteiger partial charge in [0, 0.05) is 6.54 Å². The fraction of sp³-hybridized carbons (Fsp3) is 0.375. The second-order valence-electron chi connectivity index (χ2n) is 3.16. The van der Waals surface area contributed by atoms with Crippen molar-refractivity contribution in [3.05, 3.63) is 11.5 Å². The summed E-state index contributed by atoms with van der Waals surface area (Å²) in [6, 6.07) is 0. The molecular formula is C8H11ClN4O4. The Morgan fingerprint density at radius 3 is 2.76 bits per heavy atom. The molecule has 1 aromatic heterocycles. The van der Waals surface area contributed by atoms with Crippen molar-refractivity contribution in [2.75, 3.05) is 17.6 Å². The molecule has 94 valence electrons. The van der Waals surface area contributed by atoms with E-state index in [0.29, 0.717) is 0 Å². The number of anilines is 2. The van der Waals surface area contributed by atoms with Gasteiger partial charge in [0.15, 0.2) is 17.1 Å². The molecule has 9 heteroatoms. The van der Waals surface area contributed by atoms with Crippen molar-refractivity contribution in [1.82, 2.24) is 9.97 Å². The Kier molecular flexibility index (Phi) is 4.44. The molecule has 2 atom stereocenters. The van der Waals surface area contributed by atoms with Gasteiger partial charge in [-0.3, -0.25) is 0 Å². The summed E-state index contributed by atoms with van der Waals surface area (Å²) in [6.07, 6.45) is -2.23. The minimum Gasteiger partial charge on any atom is -0.479 e. The largest absolute Gasteiger partial charge is 0.479 e. The third kappa shape index (κ3) is 3.41. The Bertz CT molecular complexity index is 417. The highest BCUT2D eigenvalue weighted by Crippen LogP contribution is 2.21. The van der Waals surface area contributed by atoms with Gasteiger partial charge in [-0.2, -0.15) is 0 Å². The maximum Gasteiger partial charge on any atom is 0.335 e. The lowest BCUT2D eigenvalue weighted by Crippen LogP contribution is -2.38.